The van der Waals surface area contributed by atoms with Gasteiger partial charge in [0.05, 0.1) is 11.8 Å². The lowest BCUT2D eigenvalue weighted by atomic mass is 10.5. The zero-order chi connectivity index (χ0) is 9.23. The summed E-state index contributed by atoms with van der Waals surface area (Å²) >= 11 is 1.50. The Morgan fingerprint density at radius 1 is 1.67 bits per heavy atom. The van der Waals surface area contributed by atoms with Gasteiger partial charge in [0, 0.05) is 18.7 Å². The molecule has 12 heavy (non-hydrogen) atoms. The van der Waals surface area contributed by atoms with E-state index in [4.69, 9.17) is 5.26 Å². The molecule has 4 heteroatoms. The summed E-state index contributed by atoms with van der Waals surface area (Å²) in [5.74, 6) is 1.29. The molecular formula is C8H14N2OS. The minimum atomic E-state index is 0.0692. The van der Waals surface area contributed by atoms with Crippen molar-refractivity contribution in [3.63, 3.8) is 0 Å². The first-order chi connectivity index (χ1) is 5.81. The number of hydrogen-bond acceptors (Lipinski definition) is 3. The van der Waals surface area contributed by atoms with E-state index in [1.54, 1.807) is 0 Å². The van der Waals surface area contributed by atoms with Crippen LogP contribution in [0.15, 0.2) is 0 Å². The number of hydrogen-bond donors (Lipinski definition) is 1. The number of carbonyl (C=O) groups excluding carboxylic acids is 1. The van der Waals surface area contributed by atoms with Crippen LogP contribution in [0.2, 0.25) is 0 Å². The van der Waals surface area contributed by atoms with Crippen molar-refractivity contribution in [3.05, 3.63) is 0 Å². The van der Waals surface area contributed by atoms with E-state index in [0.29, 0.717) is 12.2 Å². The predicted molar refractivity (Wildman–Crippen MR) is 50.9 cm³/mol. The van der Waals surface area contributed by atoms with Crippen LogP contribution in [-0.4, -0.2) is 24.0 Å². The molecule has 68 valence electrons. The third kappa shape index (κ3) is 7.42. The van der Waals surface area contributed by atoms with E-state index in [0.717, 1.165) is 18.7 Å². The van der Waals surface area contributed by atoms with Gasteiger partial charge in [0.25, 0.3) is 0 Å². The average molecular weight is 186 g/mol. The summed E-state index contributed by atoms with van der Waals surface area (Å²) in [6, 6.07) is 2.03. The molecule has 0 radical (unpaired) electrons. The molecule has 0 aromatic carbocycles. The van der Waals surface area contributed by atoms with Crippen LogP contribution in [0.3, 0.4) is 0 Å². The van der Waals surface area contributed by atoms with Crippen molar-refractivity contribution < 1.29 is 4.79 Å². The molecule has 0 saturated carbocycles. The fraction of sp³-hybridized carbons (Fsp3) is 0.750. The van der Waals surface area contributed by atoms with E-state index >= 15 is 0 Å². The summed E-state index contributed by atoms with van der Waals surface area (Å²) in [5, 5.41) is 11.0. The maximum Gasteiger partial charge on any atom is 0.229 e. The Bertz CT molecular complexity index is 165. The van der Waals surface area contributed by atoms with Crippen LogP contribution in [0.1, 0.15) is 19.8 Å². The van der Waals surface area contributed by atoms with E-state index in [2.05, 4.69) is 5.32 Å². The topological polar surface area (TPSA) is 52.9 Å². The Morgan fingerprint density at radius 2 is 2.42 bits per heavy atom. The summed E-state index contributed by atoms with van der Waals surface area (Å²) in [7, 11) is 0. The van der Waals surface area contributed by atoms with E-state index < -0.39 is 0 Å². The van der Waals surface area contributed by atoms with Crippen LogP contribution >= 0.6 is 11.8 Å². The second-order valence-corrected chi connectivity index (χ2v) is 3.42. The van der Waals surface area contributed by atoms with Gasteiger partial charge >= 0.3 is 0 Å². The maximum atomic E-state index is 11.0. The molecule has 0 spiro atoms. The van der Waals surface area contributed by atoms with Crippen molar-refractivity contribution in [2.45, 2.75) is 19.8 Å². The van der Waals surface area contributed by atoms with Gasteiger partial charge in [-0.25, -0.2) is 0 Å². The van der Waals surface area contributed by atoms with E-state index in [1.165, 1.54) is 11.8 Å². The molecule has 0 unspecified atom stereocenters. The van der Waals surface area contributed by atoms with Gasteiger partial charge in [0.1, 0.15) is 0 Å². The highest BCUT2D eigenvalue weighted by atomic mass is 32.2. The number of amides is 1. The highest BCUT2D eigenvalue weighted by molar-refractivity contribution is 7.99. The molecule has 3 nitrogen and oxygen atoms in total. The number of thioether (sulfide) groups is 1. The average Bonchev–Trinajstić information content (AvgIpc) is 2.09. The van der Waals surface area contributed by atoms with Crippen LogP contribution in [0, 0.1) is 11.3 Å². The van der Waals surface area contributed by atoms with Crippen LogP contribution in [-0.2, 0) is 4.79 Å². The van der Waals surface area contributed by atoms with Gasteiger partial charge < -0.3 is 5.32 Å². The first-order valence-corrected chi connectivity index (χ1v) is 5.18. The predicted octanol–water partition coefficient (Wildman–Crippen LogP) is 1.16. The van der Waals surface area contributed by atoms with Crippen molar-refractivity contribution >= 4 is 17.7 Å². The molecule has 0 atom stereocenters. The summed E-state index contributed by atoms with van der Waals surface area (Å²) in [6.07, 6.45) is 1.49. The zero-order valence-corrected chi connectivity index (χ0v) is 8.12. The molecule has 0 aromatic rings. The van der Waals surface area contributed by atoms with Crippen LogP contribution in [0.25, 0.3) is 0 Å². The quantitative estimate of drug-likeness (QED) is 0.633. The molecule has 0 aliphatic heterocycles. The van der Waals surface area contributed by atoms with Gasteiger partial charge in [0.2, 0.25) is 5.91 Å². The molecule has 1 amide bonds. The van der Waals surface area contributed by atoms with Crippen LogP contribution in [0.4, 0.5) is 0 Å². The lowest BCUT2D eigenvalue weighted by Crippen LogP contribution is -2.25. The zero-order valence-electron chi connectivity index (χ0n) is 7.30. The van der Waals surface area contributed by atoms with Crippen LogP contribution < -0.4 is 5.32 Å². The Morgan fingerprint density at radius 3 is 3.00 bits per heavy atom. The van der Waals surface area contributed by atoms with Crippen molar-refractivity contribution in [2.24, 2.45) is 0 Å². The second-order valence-electron chi connectivity index (χ2n) is 2.31. The van der Waals surface area contributed by atoms with Crippen molar-refractivity contribution in [3.8, 4) is 6.07 Å². The third-order valence-electron chi connectivity index (χ3n) is 1.16. The monoisotopic (exact) mass is 186 g/mol. The van der Waals surface area contributed by atoms with Gasteiger partial charge in [-0.3, -0.25) is 4.79 Å². The van der Waals surface area contributed by atoms with Crippen molar-refractivity contribution in [1.82, 2.24) is 5.32 Å². The van der Waals surface area contributed by atoms with Gasteiger partial charge in [-0.05, 0) is 6.42 Å². The molecule has 0 aliphatic carbocycles. The molecule has 1 N–H and O–H groups in total. The molecule has 0 bridgehead atoms. The molecule has 0 fully saturated rings. The molecular weight excluding hydrogens is 172 g/mol. The minimum absolute atomic E-state index is 0.0692. The Hall–Kier alpha value is -0.690. The first-order valence-electron chi connectivity index (χ1n) is 4.02. The minimum Gasteiger partial charge on any atom is -0.355 e. The highest BCUT2D eigenvalue weighted by Gasteiger charge is 1.98. The number of nitriles is 1. The Labute approximate surface area is 77.5 Å². The highest BCUT2D eigenvalue weighted by Crippen LogP contribution is 2.00. The van der Waals surface area contributed by atoms with Gasteiger partial charge in [-0.2, -0.15) is 17.0 Å². The standard InChI is InChI=1S/C8H14N2OS/c1-2-5-10-8(11)7-12-6-3-4-9/h2-3,5-7H2,1H3,(H,10,11). The SMILES string of the molecule is CCCNC(=O)CSCCC#N. The largest absolute Gasteiger partial charge is 0.355 e. The fourth-order valence-electron chi connectivity index (χ4n) is 0.598. The van der Waals surface area contributed by atoms with Crippen molar-refractivity contribution in [2.75, 3.05) is 18.1 Å². The summed E-state index contributed by atoms with van der Waals surface area (Å²) in [6.45, 7) is 2.76. The Balaban J connectivity index is 3.15. The number of nitrogens with one attached hydrogen (secondary N) is 1. The maximum absolute atomic E-state index is 11.0. The second kappa shape index (κ2) is 8.41. The van der Waals surface area contributed by atoms with Gasteiger partial charge in [0.15, 0.2) is 0 Å². The van der Waals surface area contributed by atoms with Crippen molar-refractivity contribution in [1.29, 1.82) is 5.26 Å². The van der Waals surface area contributed by atoms with E-state index in [1.807, 2.05) is 13.0 Å². The van der Waals surface area contributed by atoms with Gasteiger partial charge in [-0.1, -0.05) is 6.92 Å². The lowest BCUT2D eigenvalue weighted by Gasteiger charge is -2.01. The molecule has 0 heterocycles. The molecule has 0 rings (SSSR count). The first kappa shape index (κ1) is 11.3. The summed E-state index contributed by atoms with van der Waals surface area (Å²) in [5.41, 5.74) is 0. The normalized spacial score (nSPS) is 9.00. The van der Waals surface area contributed by atoms with E-state index in [9.17, 15) is 4.79 Å². The Kier molecular flexibility index (Phi) is 7.92. The number of carbonyl (C=O) groups is 1. The number of nitrogens with zero attached hydrogens (tertiary/aromatic N) is 1. The molecule has 0 aromatic heterocycles. The van der Waals surface area contributed by atoms with Gasteiger partial charge in [-0.15, -0.1) is 0 Å². The molecule has 0 aliphatic rings. The smallest absolute Gasteiger partial charge is 0.229 e. The molecule has 0 saturated heterocycles. The third-order valence-corrected chi connectivity index (χ3v) is 2.12. The van der Waals surface area contributed by atoms with E-state index in [-0.39, 0.29) is 5.91 Å². The summed E-state index contributed by atoms with van der Waals surface area (Å²) in [4.78, 5) is 11.0. The fourth-order valence-corrected chi connectivity index (χ4v) is 1.27. The summed E-state index contributed by atoms with van der Waals surface area (Å²) < 4.78 is 0. The van der Waals surface area contributed by atoms with Crippen LogP contribution in [0.5, 0.6) is 0 Å². The number of rotatable bonds is 6. The lowest BCUT2D eigenvalue weighted by molar-refractivity contribution is -0.118.